The third-order valence-electron chi connectivity index (χ3n) is 2.99. The fourth-order valence-electron chi connectivity index (χ4n) is 1.92. The average molecular weight is 276 g/mol. The number of hydrogen-bond donors (Lipinski definition) is 1. The van der Waals surface area contributed by atoms with Gasteiger partial charge in [0, 0.05) is 24.2 Å². The second kappa shape index (κ2) is 6.38. The van der Waals surface area contributed by atoms with Gasteiger partial charge < -0.3 is 15.2 Å². The van der Waals surface area contributed by atoms with Crippen LogP contribution >= 0.6 is 0 Å². The summed E-state index contributed by atoms with van der Waals surface area (Å²) in [6.45, 7) is 4.86. The first-order valence-corrected chi connectivity index (χ1v) is 6.54. The summed E-state index contributed by atoms with van der Waals surface area (Å²) in [6.07, 6.45) is 1.54. The molecule has 0 saturated carbocycles. The van der Waals surface area contributed by atoms with Crippen molar-refractivity contribution < 1.29 is 9.47 Å². The van der Waals surface area contributed by atoms with Gasteiger partial charge in [-0.1, -0.05) is 6.07 Å². The van der Waals surface area contributed by atoms with Gasteiger partial charge in [-0.15, -0.1) is 0 Å². The van der Waals surface area contributed by atoms with E-state index in [1.165, 1.54) is 6.33 Å². The van der Waals surface area contributed by atoms with Crippen LogP contribution in [-0.4, -0.2) is 21.9 Å². The molecule has 0 bridgehead atoms. The van der Waals surface area contributed by atoms with E-state index < -0.39 is 0 Å². The number of ether oxygens (including phenoxy) is 2. The summed E-state index contributed by atoms with van der Waals surface area (Å²) in [5.41, 5.74) is 6.65. The van der Waals surface area contributed by atoms with Crippen LogP contribution in [0, 0.1) is 0 Å². The zero-order valence-corrected chi connectivity index (χ0v) is 12.0. The van der Waals surface area contributed by atoms with E-state index in [0.29, 0.717) is 18.9 Å². The fourth-order valence-corrected chi connectivity index (χ4v) is 1.92. The molecule has 1 heterocycles. The van der Waals surface area contributed by atoms with Crippen LogP contribution in [0.25, 0.3) is 0 Å². The van der Waals surface area contributed by atoms with Crippen LogP contribution in [0.15, 0.2) is 24.5 Å². The van der Waals surface area contributed by atoms with Crippen molar-refractivity contribution in [3.8, 4) is 11.5 Å². The minimum atomic E-state index is 0.246. The second-order valence-electron chi connectivity index (χ2n) is 4.68. The number of nitrogens with zero attached hydrogens (tertiary/aromatic N) is 3. The van der Waals surface area contributed by atoms with Crippen molar-refractivity contribution in [3.63, 3.8) is 0 Å². The van der Waals surface area contributed by atoms with Gasteiger partial charge in [0.15, 0.2) is 5.82 Å². The molecule has 0 radical (unpaired) electrons. The van der Waals surface area contributed by atoms with E-state index in [1.54, 1.807) is 7.11 Å². The second-order valence-corrected chi connectivity index (χ2v) is 4.68. The summed E-state index contributed by atoms with van der Waals surface area (Å²) in [4.78, 5) is 4.21. The predicted molar refractivity (Wildman–Crippen MR) is 75.6 cm³/mol. The van der Waals surface area contributed by atoms with Gasteiger partial charge in [-0.25, -0.2) is 9.67 Å². The quantitative estimate of drug-likeness (QED) is 0.872. The average Bonchev–Trinajstić information content (AvgIpc) is 2.93. The Balaban J connectivity index is 2.15. The summed E-state index contributed by atoms with van der Waals surface area (Å²) in [6, 6.07) is 5.85. The lowest BCUT2D eigenvalue weighted by Gasteiger charge is -2.13. The van der Waals surface area contributed by atoms with E-state index in [1.807, 2.05) is 22.9 Å². The van der Waals surface area contributed by atoms with Crippen LogP contribution in [0.2, 0.25) is 0 Å². The van der Waals surface area contributed by atoms with E-state index in [-0.39, 0.29) is 6.04 Å². The Morgan fingerprint density at radius 1 is 1.35 bits per heavy atom. The Labute approximate surface area is 118 Å². The van der Waals surface area contributed by atoms with E-state index in [0.717, 1.165) is 17.1 Å². The van der Waals surface area contributed by atoms with Crippen LogP contribution in [0.1, 0.15) is 31.3 Å². The zero-order chi connectivity index (χ0) is 14.5. The molecule has 2 aromatic rings. The van der Waals surface area contributed by atoms with Crippen molar-refractivity contribution in [1.82, 2.24) is 14.8 Å². The Morgan fingerprint density at radius 3 is 2.80 bits per heavy atom. The molecule has 0 aliphatic rings. The molecule has 1 aromatic carbocycles. The summed E-state index contributed by atoms with van der Waals surface area (Å²) < 4.78 is 12.9. The van der Waals surface area contributed by atoms with Crippen LogP contribution in [0.4, 0.5) is 0 Å². The molecule has 2 rings (SSSR count). The molecule has 0 fully saturated rings. The number of nitrogens with two attached hydrogens (primary N) is 1. The first-order chi connectivity index (χ1) is 9.65. The van der Waals surface area contributed by atoms with Crippen LogP contribution in [0.3, 0.4) is 0 Å². The van der Waals surface area contributed by atoms with E-state index in [9.17, 15) is 0 Å². The van der Waals surface area contributed by atoms with Gasteiger partial charge >= 0.3 is 0 Å². The minimum absolute atomic E-state index is 0.246. The Hall–Kier alpha value is -2.08. The molecule has 0 spiro atoms. The highest BCUT2D eigenvalue weighted by Crippen LogP contribution is 2.25. The van der Waals surface area contributed by atoms with Gasteiger partial charge in [-0.05, 0) is 19.9 Å². The van der Waals surface area contributed by atoms with Gasteiger partial charge in [0.25, 0.3) is 0 Å². The van der Waals surface area contributed by atoms with Crippen LogP contribution in [-0.2, 0) is 13.2 Å². The maximum absolute atomic E-state index is 5.82. The van der Waals surface area contributed by atoms with Crippen LogP contribution < -0.4 is 15.2 Å². The van der Waals surface area contributed by atoms with E-state index in [2.05, 4.69) is 23.9 Å². The molecular weight excluding hydrogens is 256 g/mol. The molecule has 0 saturated heterocycles. The van der Waals surface area contributed by atoms with Crippen molar-refractivity contribution in [2.24, 2.45) is 5.73 Å². The normalized spacial score (nSPS) is 10.8. The lowest BCUT2D eigenvalue weighted by molar-refractivity contribution is 0.278. The third kappa shape index (κ3) is 3.08. The van der Waals surface area contributed by atoms with Crippen molar-refractivity contribution in [3.05, 3.63) is 35.9 Å². The first-order valence-electron chi connectivity index (χ1n) is 6.54. The highest BCUT2D eigenvalue weighted by atomic mass is 16.5. The molecule has 6 heteroatoms. The molecule has 0 unspecified atom stereocenters. The third-order valence-corrected chi connectivity index (χ3v) is 2.99. The number of rotatable bonds is 6. The predicted octanol–water partition coefficient (Wildman–Crippen LogP) is 1.91. The van der Waals surface area contributed by atoms with Crippen molar-refractivity contribution in [2.45, 2.75) is 33.0 Å². The molecule has 0 aliphatic heterocycles. The molecule has 0 aliphatic carbocycles. The molecular formula is C14H20N4O2. The molecule has 0 amide bonds. The van der Waals surface area contributed by atoms with Gasteiger partial charge in [-0.3, -0.25) is 0 Å². The number of aromatic nitrogens is 3. The van der Waals surface area contributed by atoms with Gasteiger partial charge in [0.1, 0.15) is 24.4 Å². The number of methoxy groups -OCH3 is 1. The Bertz CT molecular complexity index is 566. The van der Waals surface area contributed by atoms with Gasteiger partial charge in [0.05, 0.1) is 7.11 Å². The Morgan fingerprint density at radius 2 is 2.15 bits per heavy atom. The molecule has 6 nitrogen and oxygen atoms in total. The summed E-state index contributed by atoms with van der Waals surface area (Å²) >= 11 is 0. The highest BCUT2D eigenvalue weighted by Gasteiger charge is 2.10. The number of hydrogen-bond acceptors (Lipinski definition) is 5. The Kier molecular flexibility index (Phi) is 4.57. The summed E-state index contributed by atoms with van der Waals surface area (Å²) in [5, 5.41) is 4.18. The monoisotopic (exact) mass is 276 g/mol. The highest BCUT2D eigenvalue weighted by molar-refractivity contribution is 5.40. The lowest BCUT2D eigenvalue weighted by atomic mass is 10.2. The standard InChI is InChI=1S/C14H20N4O2/c1-10(2)18-14(16-9-17-18)8-20-13-6-12(19-3)5-4-11(13)7-15/h4-6,9-10H,7-8,15H2,1-3H3. The van der Waals surface area contributed by atoms with Crippen molar-refractivity contribution in [2.75, 3.05) is 7.11 Å². The molecule has 1 aromatic heterocycles. The SMILES string of the molecule is COc1ccc(CN)c(OCc2ncnn2C(C)C)c1. The van der Waals surface area contributed by atoms with Gasteiger partial charge in [0.2, 0.25) is 0 Å². The fraction of sp³-hybridized carbons (Fsp3) is 0.429. The maximum Gasteiger partial charge on any atom is 0.165 e. The van der Waals surface area contributed by atoms with Crippen LogP contribution in [0.5, 0.6) is 11.5 Å². The summed E-state index contributed by atoms with van der Waals surface area (Å²) in [5.74, 6) is 2.23. The molecule has 2 N–H and O–H groups in total. The minimum Gasteiger partial charge on any atom is -0.497 e. The smallest absolute Gasteiger partial charge is 0.165 e. The largest absolute Gasteiger partial charge is 0.497 e. The molecule has 0 atom stereocenters. The summed E-state index contributed by atoms with van der Waals surface area (Å²) in [7, 11) is 1.62. The number of benzene rings is 1. The van der Waals surface area contributed by atoms with E-state index in [4.69, 9.17) is 15.2 Å². The molecule has 20 heavy (non-hydrogen) atoms. The van der Waals surface area contributed by atoms with Crippen molar-refractivity contribution >= 4 is 0 Å². The maximum atomic E-state index is 5.82. The lowest BCUT2D eigenvalue weighted by Crippen LogP contribution is -2.11. The topological polar surface area (TPSA) is 75.2 Å². The zero-order valence-electron chi connectivity index (χ0n) is 12.0. The van der Waals surface area contributed by atoms with E-state index >= 15 is 0 Å². The molecule has 108 valence electrons. The van der Waals surface area contributed by atoms with Crippen molar-refractivity contribution in [1.29, 1.82) is 0 Å². The first kappa shape index (κ1) is 14.3. The van der Waals surface area contributed by atoms with Gasteiger partial charge in [-0.2, -0.15) is 5.10 Å².